The van der Waals surface area contributed by atoms with E-state index in [1.165, 1.54) is 18.2 Å². The maximum Gasteiger partial charge on any atom is 0.249 e. The summed E-state index contributed by atoms with van der Waals surface area (Å²) in [7, 11) is 0. The van der Waals surface area contributed by atoms with Gasteiger partial charge in [0.25, 0.3) is 0 Å². The molecular formula is C19H15ClFN3O. The van der Waals surface area contributed by atoms with E-state index < -0.39 is 0 Å². The molecule has 0 bridgehead atoms. The number of benzene rings is 2. The molecule has 0 saturated carbocycles. The molecule has 0 radical (unpaired) electrons. The van der Waals surface area contributed by atoms with E-state index in [9.17, 15) is 9.18 Å². The normalized spacial score (nSPS) is 11.0. The zero-order valence-electron chi connectivity index (χ0n) is 13.2. The van der Waals surface area contributed by atoms with Crippen LogP contribution in [0.4, 0.5) is 10.2 Å². The molecule has 0 aliphatic heterocycles. The topological polar surface area (TPSA) is 46.9 Å². The van der Waals surface area contributed by atoms with Crippen LogP contribution in [0, 0.1) is 5.82 Å². The Morgan fingerprint density at radius 2 is 1.92 bits per heavy atom. The molecule has 1 aromatic heterocycles. The van der Waals surface area contributed by atoms with Crippen molar-refractivity contribution in [1.82, 2.24) is 9.78 Å². The zero-order valence-corrected chi connectivity index (χ0v) is 13.9. The molecule has 0 saturated heterocycles. The Bertz CT molecular complexity index is 903. The summed E-state index contributed by atoms with van der Waals surface area (Å²) < 4.78 is 14.6. The van der Waals surface area contributed by atoms with Crippen LogP contribution in [-0.2, 0) is 11.3 Å². The monoisotopic (exact) mass is 355 g/mol. The summed E-state index contributed by atoms with van der Waals surface area (Å²) in [6, 6.07) is 15.2. The second-order valence-corrected chi connectivity index (χ2v) is 5.78. The van der Waals surface area contributed by atoms with Crippen molar-refractivity contribution in [2.24, 2.45) is 0 Å². The number of hydrogen-bond donors (Lipinski definition) is 1. The molecule has 1 N–H and O–H groups in total. The van der Waals surface area contributed by atoms with Crippen molar-refractivity contribution in [3.63, 3.8) is 0 Å². The predicted molar refractivity (Wildman–Crippen MR) is 96.8 cm³/mol. The molecular weight excluding hydrogens is 341 g/mol. The molecule has 0 spiro atoms. The number of rotatable bonds is 5. The molecule has 3 rings (SSSR count). The Labute approximate surface area is 149 Å². The number of carbonyl (C=O) groups excluding carboxylic acids is 1. The lowest BCUT2D eigenvalue weighted by atomic mass is 10.2. The van der Waals surface area contributed by atoms with Gasteiger partial charge >= 0.3 is 0 Å². The first-order valence-corrected chi connectivity index (χ1v) is 7.99. The van der Waals surface area contributed by atoms with Crippen molar-refractivity contribution in [2.45, 2.75) is 6.54 Å². The van der Waals surface area contributed by atoms with Gasteiger partial charge in [-0.05, 0) is 35.4 Å². The van der Waals surface area contributed by atoms with Gasteiger partial charge < -0.3 is 5.32 Å². The van der Waals surface area contributed by atoms with E-state index in [1.54, 1.807) is 41.2 Å². The lowest BCUT2D eigenvalue weighted by Crippen LogP contribution is -2.09. The van der Waals surface area contributed by atoms with Crippen LogP contribution < -0.4 is 5.32 Å². The third-order valence-electron chi connectivity index (χ3n) is 3.47. The lowest BCUT2D eigenvalue weighted by Gasteiger charge is -2.02. The third-order valence-corrected chi connectivity index (χ3v) is 3.81. The van der Waals surface area contributed by atoms with Gasteiger partial charge in [0.1, 0.15) is 5.82 Å². The van der Waals surface area contributed by atoms with Crippen LogP contribution in [0.5, 0.6) is 0 Å². The highest BCUT2D eigenvalue weighted by Crippen LogP contribution is 2.16. The fraction of sp³-hybridized carbons (Fsp3) is 0.0526. The Hall–Kier alpha value is -2.92. The molecule has 0 fully saturated rings. The van der Waals surface area contributed by atoms with Crippen molar-refractivity contribution in [3.8, 4) is 0 Å². The van der Waals surface area contributed by atoms with Crippen LogP contribution in [-0.4, -0.2) is 15.7 Å². The first-order valence-electron chi connectivity index (χ1n) is 7.62. The number of amides is 1. The van der Waals surface area contributed by atoms with Crippen LogP contribution in [0.25, 0.3) is 6.08 Å². The maximum absolute atomic E-state index is 12.9. The first-order chi connectivity index (χ1) is 12.1. The third kappa shape index (κ3) is 4.78. The highest BCUT2D eigenvalue weighted by atomic mass is 35.5. The highest BCUT2D eigenvalue weighted by Gasteiger charge is 2.03. The summed E-state index contributed by atoms with van der Waals surface area (Å²) in [5, 5.41) is 7.54. The summed E-state index contributed by atoms with van der Waals surface area (Å²) in [6.07, 6.45) is 4.80. The van der Waals surface area contributed by atoms with Gasteiger partial charge in [-0.25, -0.2) is 4.39 Å². The second-order valence-electron chi connectivity index (χ2n) is 5.37. The number of nitrogens with zero attached hydrogens (tertiary/aromatic N) is 2. The van der Waals surface area contributed by atoms with E-state index in [0.717, 1.165) is 11.1 Å². The summed E-state index contributed by atoms with van der Waals surface area (Å²) in [5.41, 5.74) is 1.68. The van der Waals surface area contributed by atoms with Gasteiger partial charge in [0, 0.05) is 23.4 Å². The van der Waals surface area contributed by atoms with E-state index in [-0.39, 0.29) is 11.7 Å². The minimum atomic E-state index is -0.299. The average molecular weight is 356 g/mol. The molecule has 0 atom stereocenters. The Balaban J connectivity index is 1.60. The van der Waals surface area contributed by atoms with Gasteiger partial charge in [0.05, 0.1) is 6.54 Å². The molecule has 2 aromatic carbocycles. The van der Waals surface area contributed by atoms with Crippen LogP contribution in [0.15, 0.2) is 66.9 Å². The first kappa shape index (κ1) is 16.9. The summed E-state index contributed by atoms with van der Waals surface area (Å²) >= 11 is 6.04. The number of halogens is 2. The molecule has 1 heterocycles. The molecule has 25 heavy (non-hydrogen) atoms. The number of hydrogen-bond acceptors (Lipinski definition) is 2. The SMILES string of the molecule is O=C(/C=C/c1ccccc1Cl)Nc1ccn(Cc2ccc(F)cc2)n1. The fourth-order valence-electron chi connectivity index (χ4n) is 2.24. The Morgan fingerprint density at radius 3 is 2.68 bits per heavy atom. The molecule has 6 heteroatoms. The van der Waals surface area contributed by atoms with Gasteiger partial charge in [-0.1, -0.05) is 41.9 Å². The van der Waals surface area contributed by atoms with E-state index in [0.29, 0.717) is 17.4 Å². The molecule has 0 aliphatic carbocycles. The summed E-state index contributed by atoms with van der Waals surface area (Å²) in [6.45, 7) is 0.492. The van der Waals surface area contributed by atoms with Crippen LogP contribution >= 0.6 is 11.6 Å². The van der Waals surface area contributed by atoms with Crippen molar-refractivity contribution in [1.29, 1.82) is 0 Å². The van der Waals surface area contributed by atoms with Crippen molar-refractivity contribution >= 4 is 29.4 Å². The maximum atomic E-state index is 12.9. The van der Waals surface area contributed by atoms with E-state index in [2.05, 4.69) is 10.4 Å². The molecule has 0 unspecified atom stereocenters. The summed E-state index contributed by atoms with van der Waals surface area (Å²) in [4.78, 5) is 12.0. The minimum absolute atomic E-state index is 0.275. The van der Waals surface area contributed by atoms with Gasteiger partial charge in [-0.15, -0.1) is 0 Å². The smallest absolute Gasteiger partial charge is 0.249 e. The molecule has 1 amide bonds. The van der Waals surface area contributed by atoms with E-state index >= 15 is 0 Å². The zero-order chi connectivity index (χ0) is 17.6. The van der Waals surface area contributed by atoms with Crippen molar-refractivity contribution < 1.29 is 9.18 Å². The molecule has 126 valence electrons. The molecule has 4 nitrogen and oxygen atoms in total. The number of anilines is 1. The Kier molecular flexibility index (Phi) is 5.26. The minimum Gasteiger partial charge on any atom is -0.306 e. The van der Waals surface area contributed by atoms with E-state index in [4.69, 9.17) is 11.6 Å². The number of nitrogens with one attached hydrogen (secondary N) is 1. The van der Waals surface area contributed by atoms with Crippen LogP contribution in [0.2, 0.25) is 5.02 Å². The summed E-state index contributed by atoms with van der Waals surface area (Å²) in [5.74, 6) is -0.134. The van der Waals surface area contributed by atoms with Crippen LogP contribution in [0.1, 0.15) is 11.1 Å². The quantitative estimate of drug-likeness (QED) is 0.690. The molecule has 3 aromatic rings. The standard InChI is InChI=1S/C19H15ClFN3O/c20-17-4-2-1-3-15(17)7-10-19(25)22-18-11-12-24(23-18)13-14-5-8-16(21)9-6-14/h1-12H,13H2,(H,22,23,25)/b10-7+. The number of carbonyl (C=O) groups is 1. The van der Waals surface area contributed by atoms with Crippen LogP contribution in [0.3, 0.4) is 0 Å². The Morgan fingerprint density at radius 1 is 1.16 bits per heavy atom. The number of aromatic nitrogens is 2. The fourth-order valence-corrected chi connectivity index (χ4v) is 2.44. The molecule has 0 aliphatic rings. The second kappa shape index (κ2) is 7.77. The largest absolute Gasteiger partial charge is 0.306 e. The van der Waals surface area contributed by atoms with Crippen molar-refractivity contribution in [3.05, 3.63) is 88.8 Å². The van der Waals surface area contributed by atoms with Gasteiger partial charge in [0.2, 0.25) is 5.91 Å². The van der Waals surface area contributed by atoms with Crippen molar-refractivity contribution in [2.75, 3.05) is 5.32 Å². The van der Waals surface area contributed by atoms with Gasteiger partial charge in [0.15, 0.2) is 5.82 Å². The van der Waals surface area contributed by atoms with E-state index in [1.807, 2.05) is 18.2 Å². The lowest BCUT2D eigenvalue weighted by molar-refractivity contribution is -0.111. The van der Waals surface area contributed by atoms with Gasteiger partial charge in [-0.2, -0.15) is 5.10 Å². The average Bonchev–Trinajstić information content (AvgIpc) is 3.03. The van der Waals surface area contributed by atoms with Gasteiger partial charge in [-0.3, -0.25) is 9.48 Å². The predicted octanol–water partition coefficient (Wildman–Crippen LogP) is 4.38. The highest BCUT2D eigenvalue weighted by molar-refractivity contribution is 6.32.